The molecule has 4 heteroatoms. The minimum absolute atomic E-state index is 0.113. The van der Waals surface area contributed by atoms with E-state index in [4.69, 9.17) is 0 Å². The zero-order chi connectivity index (χ0) is 15.4. The summed E-state index contributed by atoms with van der Waals surface area (Å²) in [4.78, 5) is 4.33. The maximum absolute atomic E-state index is 14.4. The van der Waals surface area contributed by atoms with E-state index >= 15 is 0 Å². The Morgan fingerprint density at radius 1 is 1.33 bits per heavy atom. The van der Waals surface area contributed by atoms with Crippen LogP contribution in [0.2, 0.25) is 0 Å². The van der Waals surface area contributed by atoms with Gasteiger partial charge >= 0.3 is 0 Å². The van der Waals surface area contributed by atoms with Gasteiger partial charge in [-0.2, -0.15) is 0 Å². The fourth-order valence-electron chi connectivity index (χ4n) is 2.88. The molecule has 1 aromatic carbocycles. The van der Waals surface area contributed by atoms with Gasteiger partial charge in [0.1, 0.15) is 5.82 Å². The van der Waals surface area contributed by atoms with Crippen LogP contribution in [-0.2, 0) is 6.54 Å². The lowest BCUT2D eigenvalue weighted by atomic mass is 10.1. The Morgan fingerprint density at radius 2 is 2.05 bits per heavy atom. The molecule has 1 saturated carbocycles. The first kappa shape index (κ1) is 16.2. The van der Waals surface area contributed by atoms with Gasteiger partial charge in [-0.25, -0.2) is 4.39 Å². The molecule has 1 fully saturated rings. The van der Waals surface area contributed by atoms with Crippen molar-refractivity contribution in [3.8, 4) is 0 Å². The predicted molar refractivity (Wildman–Crippen MR) is 87.3 cm³/mol. The highest BCUT2D eigenvalue weighted by Gasteiger charge is 2.23. The molecule has 0 aromatic heterocycles. The number of hydrogen-bond acceptors (Lipinski definition) is 3. The molecule has 118 valence electrons. The minimum Gasteiger partial charge on any atom is -0.365 e. The molecule has 3 nitrogen and oxygen atoms in total. The lowest BCUT2D eigenvalue weighted by molar-refractivity contribution is 0.371. The lowest BCUT2D eigenvalue weighted by Gasteiger charge is -2.34. The van der Waals surface area contributed by atoms with Gasteiger partial charge in [-0.3, -0.25) is 0 Å². The molecule has 0 spiro atoms. The second-order valence-electron chi connectivity index (χ2n) is 6.30. The monoisotopic (exact) mass is 293 g/mol. The van der Waals surface area contributed by atoms with Gasteiger partial charge in [-0.05, 0) is 52.4 Å². The summed E-state index contributed by atoms with van der Waals surface area (Å²) in [7, 11) is 4.11. The molecule has 0 radical (unpaired) electrons. The summed E-state index contributed by atoms with van der Waals surface area (Å²) in [5, 5.41) is 3.50. The predicted octanol–water partition coefficient (Wildman–Crippen LogP) is 2.85. The van der Waals surface area contributed by atoms with Gasteiger partial charge in [0.15, 0.2) is 0 Å². The van der Waals surface area contributed by atoms with Crippen LogP contribution in [-0.4, -0.2) is 44.2 Å². The van der Waals surface area contributed by atoms with Crippen LogP contribution >= 0.6 is 0 Å². The van der Waals surface area contributed by atoms with Crippen molar-refractivity contribution in [2.75, 3.05) is 32.1 Å². The molecule has 0 aliphatic heterocycles. The van der Waals surface area contributed by atoms with E-state index in [1.165, 1.54) is 12.8 Å². The maximum atomic E-state index is 14.4. The fraction of sp³-hybridized carbons (Fsp3) is 0.647. The molecule has 21 heavy (non-hydrogen) atoms. The molecule has 1 unspecified atom stereocenters. The van der Waals surface area contributed by atoms with Crippen molar-refractivity contribution in [3.05, 3.63) is 29.6 Å². The number of hydrogen-bond donors (Lipinski definition) is 1. The molecule has 0 saturated heterocycles. The normalized spacial score (nSPS) is 16.3. The van der Waals surface area contributed by atoms with Crippen LogP contribution in [0.25, 0.3) is 0 Å². The molecule has 1 aliphatic carbocycles. The molecule has 0 amide bonds. The van der Waals surface area contributed by atoms with E-state index in [1.807, 2.05) is 12.1 Å². The summed E-state index contributed by atoms with van der Waals surface area (Å²) < 4.78 is 14.4. The van der Waals surface area contributed by atoms with Crippen LogP contribution < -0.4 is 10.2 Å². The second kappa shape index (κ2) is 7.23. The smallest absolute Gasteiger partial charge is 0.146 e. The van der Waals surface area contributed by atoms with Crippen molar-refractivity contribution in [3.63, 3.8) is 0 Å². The van der Waals surface area contributed by atoms with Crippen molar-refractivity contribution in [1.29, 1.82) is 0 Å². The number of anilines is 1. The summed E-state index contributed by atoms with van der Waals surface area (Å²) in [5.74, 6) is -0.113. The highest BCUT2D eigenvalue weighted by atomic mass is 19.1. The standard InChI is InChI=1S/C17H28FN3/c1-5-21(13(2)12-20(3)4)17-14(7-6-8-16(17)18)11-19-15-9-10-15/h6-8,13,15,19H,5,9-12H2,1-4H3. The topological polar surface area (TPSA) is 18.5 Å². The molecule has 1 N–H and O–H groups in total. The molecule has 2 rings (SSSR count). The average Bonchev–Trinajstić information content (AvgIpc) is 3.23. The number of nitrogens with one attached hydrogen (secondary N) is 1. The molecule has 0 bridgehead atoms. The third-order valence-electron chi connectivity index (χ3n) is 4.02. The average molecular weight is 293 g/mol. The van der Waals surface area contributed by atoms with Gasteiger partial charge in [-0.15, -0.1) is 0 Å². The molecule has 1 aromatic rings. The van der Waals surface area contributed by atoms with E-state index < -0.39 is 0 Å². The van der Waals surface area contributed by atoms with Crippen molar-refractivity contribution in [2.24, 2.45) is 0 Å². The van der Waals surface area contributed by atoms with E-state index in [0.717, 1.165) is 30.9 Å². The van der Waals surface area contributed by atoms with E-state index in [2.05, 4.69) is 43.1 Å². The Bertz CT molecular complexity index is 457. The van der Waals surface area contributed by atoms with Crippen molar-refractivity contribution >= 4 is 5.69 Å². The summed E-state index contributed by atoms with van der Waals surface area (Å²) >= 11 is 0. The van der Waals surface area contributed by atoms with Gasteiger partial charge in [0.2, 0.25) is 0 Å². The summed E-state index contributed by atoms with van der Waals surface area (Å²) in [5.41, 5.74) is 1.83. The van der Waals surface area contributed by atoms with Crippen LogP contribution in [0.1, 0.15) is 32.3 Å². The first-order valence-electron chi connectivity index (χ1n) is 7.95. The van der Waals surface area contributed by atoms with Crippen LogP contribution in [0.4, 0.5) is 10.1 Å². The van der Waals surface area contributed by atoms with Gasteiger partial charge in [0.05, 0.1) is 5.69 Å². The first-order valence-corrected chi connectivity index (χ1v) is 7.95. The van der Waals surface area contributed by atoms with Gasteiger partial charge in [0, 0.05) is 31.7 Å². The quantitative estimate of drug-likeness (QED) is 0.795. The largest absolute Gasteiger partial charge is 0.365 e. The van der Waals surface area contributed by atoms with Crippen LogP contribution in [0.3, 0.4) is 0 Å². The number of rotatable bonds is 8. The Labute approximate surface area is 128 Å². The van der Waals surface area contributed by atoms with Crippen molar-refractivity contribution in [1.82, 2.24) is 10.2 Å². The lowest BCUT2D eigenvalue weighted by Crippen LogP contribution is -2.41. The van der Waals surface area contributed by atoms with E-state index in [9.17, 15) is 4.39 Å². The first-order chi connectivity index (χ1) is 10.0. The number of benzene rings is 1. The zero-order valence-corrected chi connectivity index (χ0v) is 13.7. The van der Waals surface area contributed by atoms with E-state index in [0.29, 0.717) is 6.04 Å². The number of halogens is 1. The van der Waals surface area contributed by atoms with Crippen LogP contribution in [0.15, 0.2) is 18.2 Å². The SMILES string of the molecule is CCN(c1c(F)cccc1CNC1CC1)C(C)CN(C)C. The van der Waals surface area contributed by atoms with Gasteiger partial charge in [0.25, 0.3) is 0 Å². The maximum Gasteiger partial charge on any atom is 0.146 e. The zero-order valence-electron chi connectivity index (χ0n) is 13.7. The Balaban J connectivity index is 2.20. The van der Waals surface area contributed by atoms with E-state index in [1.54, 1.807) is 6.07 Å². The summed E-state index contributed by atoms with van der Waals surface area (Å²) in [6.07, 6.45) is 2.50. The summed E-state index contributed by atoms with van der Waals surface area (Å²) in [6.45, 7) is 6.73. The minimum atomic E-state index is -0.113. The molecule has 1 aliphatic rings. The molecule has 1 atom stereocenters. The fourth-order valence-corrected chi connectivity index (χ4v) is 2.88. The Hall–Kier alpha value is -1.13. The Morgan fingerprint density at radius 3 is 2.62 bits per heavy atom. The molecular weight excluding hydrogens is 265 g/mol. The molecular formula is C17H28FN3. The highest BCUT2D eigenvalue weighted by Crippen LogP contribution is 2.28. The molecule has 0 heterocycles. The Kier molecular flexibility index (Phi) is 5.59. The number of likely N-dealkylation sites (N-methyl/N-ethyl adjacent to an activating group) is 2. The van der Waals surface area contributed by atoms with E-state index in [-0.39, 0.29) is 11.9 Å². The van der Waals surface area contributed by atoms with Crippen molar-refractivity contribution in [2.45, 2.75) is 45.3 Å². The van der Waals surface area contributed by atoms with Crippen molar-refractivity contribution < 1.29 is 4.39 Å². The highest BCUT2D eigenvalue weighted by molar-refractivity contribution is 5.55. The van der Waals surface area contributed by atoms with Gasteiger partial charge in [-0.1, -0.05) is 12.1 Å². The second-order valence-corrected chi connectivity index (χ2v) is 6.30. The van der Waals surface area contributed by atoms with Crippen LogP contribution in [0.5, 0.6) is 0 Å². The number of nitrogens with zero attached hydrogens (tertiary/aromatic N) is 2. The third-order valence-corrected chi connectivity index (χ3v) is 4.02. The van der Waals surface area contributed by atoms with Gasteiger partial charge < -0.3 is 15.1 Å². The number of para-hydroxylation sites is 1. The van der Waals surface area contributed by atoms with Crippen LogP contribution in [0, 0.1) is 5.82 Å². The summed E-state index contributed by atoms with van der Waals surface area (Å²) in [6, 6.07) is 6.34. The third kappa shape index (κ3) is 4.42.